The van der Waals surface area contributed by atoms with E-state index in [9.17, 15) is 0 Å². The first-order valence-corrected chi connectivity index (χ1v) is 20.8. The van der Waals surface area contributed by atoms with E-state index in [1.165, 1.54) is 142 Å². The van der Waals surface area contributed by atoms with Gasteiger partial charge in [-0.05, 0) is 72.5 Å². The van der Waals surface area contributed by atoms with Gasteiger partial charge in [-0.25, -0.2) is 0 Å². The molecule has 49 heavy (non-hydrogen) atoms. The standard InChI is InChI=1S/C43H52N4S2/c1-3-5-7-9-11-17-23-46-34-19-13-15-21-40(34)48-42-25-32-29-45-31-44(36(32)27-38(42)46)30-33-26-43-39(28-37(33)45)47(24-18-12-10-8-6-4-2)35-20-14-16-22-41(35)49-43/h13-16,19-22,25-28H,3-12,17-18,23-24,29-31H2,1-2H3. The van der Waals surface area contributed by atoms with Crippen LogP contribution in [-0.4, -0.2) is 19.8 Å². The fourth-order valence-corrected chi connectivity index (χ4v) is 10.6. The second kappa shape index (κ2) is 14.9. The summed E-state index contributed by atoms with van der Waals surface area (Å²) in [6.07, 6.45) is 15.9. The Hall–Kier alpha value is -3.22. The highest BCUT2D eigenvalue weighted by molar-refractivity contribution is 8.00. The van der Waals surface area contributed by atoms with Crippen LogP contribution in [0.5, 0.6) is 0 Å². The second-order valence-electron chi connectivity index (χ2n) is 14.4. The maximum absolute atomic E-state index is 2.64. The number of unbranched alkanes of at least 4 members (excludes halogenated alkanes) is 10. The summed E-state index contributed by atoms with van der Waals surface area (Å²) in [5.74, 6) is 0. The zero-order chi connectivity index (χ0) is 33.2. The van der Waals surface area contributed by atoms with Gasteiger partial charge in [-0.15, -0.1) is 0 Å². The van der Waals surface area contributed by atoms with Gasteiger partial charge in [0.05, 0.1) is 29.4 Å². The molecule has 6 heteroatoms. The average Bonchev–Trinajstić information content (AvgIpc) is 3.12. The molecule has 0 radical (unpaired) electrons. The Kier molecular flexibility index (Phi) is 10.1. The largest absolute Gasteiger partial charge is 0.349 e. The molecule has 4 aliphatic heterocycles. The Morgan fingerprint density at radius 1 is 0.449 bits per heavy atom. The number of para-hydroxylation sites is 2. The van der Waals surface area contributed by atoms with E-state index in [1.807, 2.05) is 23.5 Å². The van der Waals surface area contributed by atoms with E-state index < -0.39 is 0 Å². The smallest absolute Gasteiger partial charge is 0.0910 e. The number of anilines is 6. The molecule has 0 saturated heterocycles. The minimum atomic E-state index is 0.958. The minimum absolute atomic E-state index is 0.958. The molecular weight excluding hydrogens is 637 g/mol. The van der Waals surface area contributed by atoms with Crippen LogP contribution in [0.3, 0.4) is 0 Å². The van der Waals surface area contributed by atoms with Crippen LogP contribution in [0.4, 0.5) is 34.1 Å². The number of fused-ring (bicyclic) bond motifs is 10. The third-order valence-corrected chi connectivity index (χ3v) is 13.1. The molecule has 0 unspecified atom stereocenters. The van der Waals surface area contributed by atoms with E-state index in [1.54, 1.807) is 0 Å². The summed E-state index contributed by atoms with van der Waals surface area (Å²) < 4.78 is 0. The third-order valence-electron chi connectivity index (χ3n) is 10.9. The lowest BCUT2D eigenvalue weighted by Crippen LogP contribution is -2.46. The van der Waals surface area contributed by atoms with Gasteiger partial charge < -0.3 is 19.6 Å². The number of nitrogens with zero attached hydrogens (tertiary/aromatic N) is 4. The van der Waals surface area contributed by atoms with E-state index in [-0.39, 0.29) is 0 Å². The molecule has 0 fully saturated rings. The van der Waals surface area contributed by atoms with Crippen LogP contribution < -0.4 is 19.6 Å². The zero-order valence-electron chi connectivity index (χ0n) is 29.6. The number of hydrogen-bond acceptors (Lipinski definition) is 6. The van der Waals surface area contributed by atoms with Crippen LogP contribution in [0.2, 0.25) is 0 Å². The molecule has 4 aromatic carbocycles. The average molecular weight is 689 g/mol. The Morgan fingerprint density at radius 3 is 1.35 bits per heavy atom. The first-order valence-electron chi connectivity index (χ1n) is 19.1. The first kappa shape index (κ1) is 33.0. The van der Waals surface area contributed by atoms with Crippen molar-refractivity contribution in [2.24, 2.45) is 0 Å². The van der Waals surface area contributed by atoms with Gasteiger partial charge in [0.1, 0.15) is 0 Å². The van der Waals surface area contributed by atoms with Crippen molar-refractivity contribution in [2.45, 2.75) is 124 Å². The normalized spacial score (nSPS) is 15.3. The SMILES string of the molecule is CCCCCCCCN1c2ccccc2Sc2cc3c(cc21)N1Cc2cc4c(cc2N(C3)C1)N(CCCCCCCC)c1ccccc1S4. The van der Waals surface area contributed by atoms with Gasteiger partial charge in [0.15, 0.2) is 0 Å². The number of benzene rings is 4. The summed E-state index contributed by atoms with van der Waals surface area (Å²) in [4.78, 5) is 16.1. The fourth-order valence-electron chi connectivity index (χ4n) is 8.28. The predicted octanol–water partition coefficient (Wildman–Crippen LogP) is 12.9. The van der Waals surface area contributed by atoms with Crippen molar-refractivity contribution < 1.29 is 0 Å². The molecule has 0 spiro atoms. The zero-order valence-corrected chi connectivity index (χ0v) is 31.2. The number of rotatable bonds is 14. The highest BCUT2D eigenvalue weighted by Crippen LogP contribution is 2.54. The Labute approximate surface area is 303 Å². The molecule has 0 aromatic heterocycles. The third kappa shape index (κ3) is 6.68. The molecule has 0 amide bonds. The van der Waals surface area contributed by atoms with Gasteiger partial charge in [0, 0.05) is 57.1 Å². The lowest BCUT2D eigenvalue weighted by molar-refractivity contribution is 0.607. The Bertz CT molecular complexity index is 1660. The molecule has 0 aliphatic carbocycles. The monoisotopic (exact) mass is 688 g/mol. The van der Waals surface area contributed by atoms with E-state index in [2.05, 4.69) is 106 Å². The van der Waals surface area contributed by atoms with E-state index in [4.69, 9.17) is 0 Å². The van der Waals surface area contributed by atoms with Crippen molar-refractivity contribution in [3.63, 3.8) is 0 Å². The first-order chi connectivity index (χ1) is 24.2. The van der Waals surface area contributed by atoms with Gasteiger partial charge in [-0.3, -0.25) is 0 Å². The predicted molar refractivity (Wildman–Crippen MR) is 212 cm³/mol. The van der Waals surface area contributed by atoms with Crippen molar-refractivity contribution in [1.82, 2.24) is 0 Å². The van der Waals surface area contributed by atoms with Gasteiger partial charge in [0.2, 0.25) is 0 Å². The van der Waals surface area contributed by atoms with E-state index in [0.717, 1.165) is 32.8 Å². The topological polar surface area (TPSA) is 13.0 Å². The summed E-state index contributed by atoms with van der Waals surface area (Å²) in [6.45, 7) is 9.67. The van der Waals surface area contributed by atoms with Crippen LogP contribution in [0, 0.1) is 0 Å². The quantitative estimate of drug-likeness (QED) is 0.121. The molecule has 256 valence electrons. The van der Waals surface area contributed by atoms with Crippen LogP contribution in [-0.2, 0) is 13.1 Å². The summed E-state index contributed by atoms with van der Waals surface area (Å²) in [5.41, 5.74) is 11.3. The summed E-state index contributed by atoms with van der Waals surface area (Å²) in [5, 5.41) is 0. The molecule has 2 bridgehead atoms. The van der Waals surface area contributed by atoms with Gasteiger partial charge in [-0.1, -0.05) is 126 Å². The van der Waals surface area contributed by atoms with Crippen LogP contribution in [0.25, 0.3) is 0 Å². The molecular formula is C43H52N4S2. The molecule has 4 nitrogen and oxygen atoms in total. The van der Waals surface area contributed by atoms with Gasteiger partial charge in [-0.2, -0.15) is 0 Å². The van der Waals surface area contributed by atoms with Crippen LogP contribution in [0.1, 0.15) is 102 Å². The molecule has 4 aliphatic rings. The van der Waals surface area contributed by atoms with Crippen molar-refractivity contribution in [3.05, 3.63) is 83.9 Å². The van der Waals surface area contributed by atoms with E-state index in [0.29, 0.717) is 0 Å². The minimum Gasteiger partial charge on any atom is -0.349 e. The van der Waals surface area contributed by atoms with E-state index >= 15 is 0 Å². The molecule has 4 aromatic rings. The summed E-state index contributed by atoms with van der Waals surface area (Å²) >= 11 is 3.92. The second-order valence-corrected chi connectivity index (χ2v) is 16.6. The molecule has 4 heterocycles. The molecule has 0 atom stereocenters. The maximum Gasteiger partial charge on any atom is 0.0910 e. The van der Waals surface area contributed by atoms with Crippen LogP contribution in [0.15, 0.2) is 92.4 Å². The summed E-state index contributed by atoms with van der Waals surface area (Å²) in [7, 11) is 0. The van der Waals surface area contributed by atoms with Gasteiger partial charge in [0.25, 0.3) is 0 Å². The van der Waals surface area contributed by atoms with Crippen molar-refractivity contribution in [3.8, 4) is 0 Å². The van der Waals surface area contributed by atoms with Crippen molar-refractivity contribution in [2.75, 3.05) is 39.4 Å². The number of hydrogen-bond donors (Lipinski definition) is 0. The van der Waals surface area contributed by atoms with Crippen LogP contribution >= 0.6 is 23.5 Å². The lowest BCUT2D eigenvalue weighted by Gasteiger charge is -2.46. The summed E-state index contributed by atoms with van der Waals surface area (Å²) in [6, 6.07) is 28.2. The fraction of sp³-hybridized carbons (Fsp3) is 0.442. The maximum atomic E-state index is 2.64. The highest BCUT2D eigenvalue weighted by Gasteiger charge is 2.35. The lowest BCUT2D eigenvalue weighted by atomic mass is 9.99. The highest BCUT2D eigenvalue weighted by atomic mass is 32.2. The molecule has 8 rings (SSSR count). The molecule has 0 saturated carbocycles. The Balaban J connectivity index is 1.06. The Morgan fingerprint density at radius 2 is 0.878 bits per heavy atom. The van der Waals surface area contributed by atoms with Crippen molar-refractivity contribution >= 4 is 57.6 Å². The van der Waals surface area contributed by atoms with Gasteiger partial charge >= 0.3 is 0 Å². The van der Waals surface area contributed by atoms with Crippen molar-refractivity contribution in [1.29, 1.82) is 0 Å². The molecule has 0 N–H and O–H groups in total.